The van der Waals surface area contributed by atoms with E-state index in [4.69, 9.17) is 4.42 Å². The van der Waals surface area contributed by atoms with Crippen molar-refractivity contribution in [1.29, 1.82) is 0 Å². The standard InChI is InChI=1S/C20H27N3O4/c1-20(8-11-23(13-20)19(25)26)7-10-22-9-3-4-14(12-22)15-5-2-6-16-17(15)27-18(24)21-16/h2,5-6,14H,3-4,7-13H2,1H3,(H,21,24)(H,25,26). The first kappa shape index (κ1) is 18.1. The smallest absolute Gasteiger partial charge is 0.417 e. The summed E-state index contributed by atoms with van der Waals surface area (Å²) < 4.78 is 5.39. The topological polar surface area (TPSA) is 89.8 Å². The van der Waals surface area contributed by atoms with Crippen LogP contribution in [0, 0.1) is 5.41 Å². The lowest BCUT2D eigenvalue weighted by atomic mass is 9.85. The van der Waals surface area contributed by atoms with Crippen molar-refractivity contribution >= 4 is 17.2 Å². The predicted octanol–water partition coefficient (Wildman–Crippen LogP) is 3.08. The molecule has 7 nitrogen and oxygen atoms in total. The molecule has 0 aliphatic carbocycles. The number of amides is 1. The van der Waals surface area contributed by atoms with E-state index in [0.29, 0.717) is 24.6 Å². The summed E-state index contributed by atoms with van der Waals surface area (Å²) in [6, 6.07) is 5.91. The van der Waals surface area contributed by atoms with E-state index in [1.807, 2.05) is 12.1 Å². The molecule has 1 aromatic heterocycles. The third kappa shape index (κ3) is 3.74. The molecule has 2 N–H and O–H groups in total. The second-order valence-corrected chi connectivity index (χ2v) is 8.39. The molecule has 2 aliphatic heterocycles. The van der Waals surface area contributed by atoms with Crippen molar-refractivity contribution in [2.45, 2.75) is 38.5 Å². The summed E-state index contributed by atoms with van der Waals surface area (Å²) in [6.45, 7) is 6.48. The molecule has 7 heteroatoms. The molecule has 1 aromatic carbocycles. The van der Waals surface area contributed by atoms with Crippen LogP contribution >= 0.6 is 0 Å². The molecular formula is C20H27N3O4. The van der Waals surface area contributed by atoms with E-state index in [-0.39, 0.29) is 5.41 Å². The van der Waals surface area contributed by atoms with Crippen molar-refractivity contribution in [3.8, 4) is 0 Å². The molecule has 2 unspecified atom stereocenters. The maximum atomic E-state index is 11.6. The lowest BCUT2D eigenvalue weighted by Gasteiger charge is -2.35. The van der Waals surface area contributed by atoms with Gasteiger partial charge < -0.3 is 19.3 Å². The first-order valence-corrected chi connectivity index (χ1v) is 9.75. The summed E-state index contributed by atoms with van der Waals surface area (Å²) >= 11 is 0. The second kappa shape index (κ2) is 7.03. The Kier molecular flexibility index (Phi) is 4.72. The van der Waals surface area contributed by atoms with Gasteiger partial charge in [-0.15, -0.1) is 0 Å². The van der Waals surface area contributed by atoms with Crippen LogP contribution in [0.4, 0.5) is 4.79 Å². The first-order valence-electron chi connectivity index (χ1n) is 9.75. The van der Waals surface area contributed by atoms with Crippen molar-refractivity contribution in [1.82, 2.24) is 14.8 Å². The van der Waals surface area contributed by atoms with E-state index < -0.39 is 11.8 Å². The first-order chi connectivity index (χ1) is 12.9. The summed E-state index contributed by atoms with van der Waals surface area (Å²) in [5.74, 6) is -0.0458. The zero-order valence-electron chi connectivity index (χ0n) is 15.7. The summed E-state index contributed by atoms with van der Waals surface area (Å²) in [6.07, 6.45) is 3.34. The summed E-state index contributed by atoms with van der Waals surface area (Å²) in [7, 11) is 0. The van der Waals surface area contributed by atoms with E-state index in [1.165, 1.54) is 4.90 Å². The Hall–Kier alpha value is -2.28. The van der Waals surface area contributed by atoms with Crippen molar-refractivity contribution in [3.63, 3.8) is 0 Å². The van der Waals surface area contributed by atoms with Gasteiger partial charge in [0, 0.05) is 31.1 Å². The van der Waals surface area contributed by atoms with Gasteiger partial charge in [-0.25, -0.2) is 9.59 Å². The van der Waals surface area contributed by atoms with E-state index in [2.05, 4.69) is 22.9 Å². The molecule has 0 bridgehead atoms. The highest BCUT2D eigenvalue weighted by Gasteiger charge is 2.36. The summed E-state index contributed by atoms with van der Waals surface area (Å²) in [5, 5.41) is 9.19. The summed E-state index contributed by atoms with van der Waals surface area (Å²) in [4.78, 5) is 29.5. The normalized spacial score (nSPS) is 26.7. The van der Waals surface area contributed by atoms with Crippen LogP contribution in [-0.2, 0) is 0 Å². The van der Waals surface area contributed by atoms with Crippen molar-refractivity contribution in [2.75, 3.05) is 32.7 Å². The van der Waals surface area contributed by atoms with Gasteiger partial charge in [-0.1, -0.05) is 19.1 Å². The van der Waals surface area contributed by atoms with Crippen LogP contribution in [0.2, 0.25) is 0 Å². The zero-order chi connectivity index (χ0) is 19.0. The van der Waals surface area contributed by atoms with Gasteiger partial charge in [0.1, 0.15) is 0 Å². The van der Waals surface area contributed by atoms with E-state index in [1.54, 1.807) is 0 Å². The monoisotopic (exact) mass is 373 g/mol. The van der Waals surface area contributed by atoms with Crippen LogP contribution in [0.1, 0.15) is 44.1 Å². The number of para-hydroxylation sites is 1. The predicted molar refractivity (Wildman–Crippen MR) is 102 cm³/mol. The molecule has 0 saturated carbocycles. The highest BCUT2D eigenvalue weighted by atomic mass is 16.4. The van der Waals surface area contributed by atoms with Crippen molar-refractivity contribution in [2.24, 2.45) is 5.41 Å². The highest BCUT2D eigenvalue weighted by molar-refractivity contribution is 5.76. The number of carbonyl (C=O) groups is 1. The van der Waals surface area contributed by atoms with Gasteiger partial charge >= 0.3 is 11.8 Å². The van der Waals surface area contributed by atoms with Crippen LogP contribution in [0.25, 0.3) is 11.1 Å². The molecule has 2 aromatic rings. The molecule has 146 valence electrons. The number of H-pyrrole nitrogens is 1. The molecule has 0 spiro atoms. The van der Waals surface area contributed by atoms with Gasteiger partial charge in [0.25, 0.3) is 0 Å². The van der Waals surface area contributed by atoms with Crippen molar-refractivity contribution < 1.29 is 14.3 Å². The Bertz CT molecular complexity index is 889. The minimum atomic E-state index is -0.808. The SMILES string of the molecule is CC1(CCN2CCCC(c3cccc4[nH]c(=O)oc34)C2)CCN(C(=O)O)C1. The number of hydrogen-bond acceptors (Lipinski definition) is 4. The van der Waals surface area contributed by atoms with Crippen LogP contribution in [-0.4, -0.2) is 58.7 Å². The number of likely N-dealkylation sites (tertiary alicyclic amines) is 2. The van der Waals surface area contributed by atoms with Gasteiger partial charge in [-0.2, -0.15) is 0 Å². The molecule has 27 heavy (non-hydrogen) atoms. The second-order valence-electron chi connectivity index (χ2n) is 8.39. The number of aromatic nitrogens is 1. The van der Waals surface area contributed by atoms with Crippen LogP contribution in [0.5, 0.6) is 0 Å². The molecule has 0 radical (unpaired) electrons. The number of carboxylic acid groups (broad SMARTS) is 1. The fourth-order valence-corrected chi connectivity index (χ4v) is 4.65. The third-order valence-electron chi connectivity index (χ3n) is 6.28. The fourth-order valence-electron chi connectivity index (χ4n) is 4.65. The van der Waals surface area contributed by atoms with Gasteiger partial charge in [0.05, 0.1) is 5.52 Å². The maximum Gasteiger partial charge on any atom is 0.417 e. The van der Waals surface area contributed by atoms with Crippen LogP contribution in [0.3, 0.4) is 0 Å². The Morgan fingerprint density at radius 1 is 1.41 bits per heavy atom. The largest absolute Gasteiger partial charge is 0.465 e. The number of fused-ring (bicyclic) bond motifs is 1. The van der Waals surface area contributed by atoms with Gasteiger partial charge in [-0.3, -0.25) is 4.98 Å². The number of piperidine rings is 1. The Morgan fingerprint density at radius 3 is 3.04 bits per heavy atom. The van der Waals surface area contributed by atoms with Gasteiger partial charge in [0.2, 0.25) is 0 Å². The van der Waals surface area contributed by atoms with Crippen LogP contribution < -0.4 is 5.76 Å². The number of hydrogen-bond donors (Lipinski definition) is 2. The average molecular weight is 373 g/mol. The Labute approximate surface area is 157 Å². The minimum absolute atomic E-state index is 0.0682. The zero-order valence-corrected chi connectivity index (χ0v) is 15.7. The van der Waals surface area contributed by atoms with Crippen LogP contribution in [0.15, 0.2) is 27.4 Å². The molecule has 2 fully saturated rings. The number of benzene rings is 1. The molecule has 2 aliphatic rings. The fraction of sp³-hybridized carbons (Fsp3) is 0.600. The highest BCUT2D eigenvalue weighted by Crippen LogP contribution is 2.35. The van der Waals surface area contributed by atoms with E-state index >= 15 is 0 Å². The number of oxazole rings is 1. The molecular weight excluding hydrogens is 346 g/mol. The molecule has 2 atom stereocenters. The van der Waals surface area contributed by atoms with Gasteiger partial charge in [-0.05, 0) is 50.3 Å². The number of nitrogens with one attached hydrogen (secondary N) is 1. The lowest BCUT2D eigenvalue weighted by molar-refractivity contribution is 0.142. The Balaban J connectivity index is 1.41. The van der Waals surface area contributed by atoms with E-state index in [9.17, 15) is 14.7 Å². The van der Waals surface area contributed by atoms with Crippen molar-refractivity contribution in [3.05, 3.63) is 34.3 Å². The molecule has 3 heterocycles. The maximum absolute atomic E-state index is 11.6. The molecule has 4 rings (SSSR count). The lowest BCUT2D eigenvalue weighted by Crippen LogP contribution is -2.38. The van der Waals surface area contributed by atoms with E-state index in [0.717, 1.165) is 56.4 Å². The quantitative estimate of drug-likeness (QED) is 0.860. The number of rotatable bonds is 4. The number of nitrogens with zero attached hydrogens (tertiary/aromatic N) is 2. The molecule has 2 saturated heterocycles. The Morgan fingerprint density at radius 2 is 2.26 bits per heavy atom. The average Bonchev–Trinajstić information content (AvgIpc) is 3.23. The number of aromatic amines is 1. The third-order valence-corrected chi connectivity index (χ3v) is 6.28. The molecule has 1 amide bonds. The summed E-state index contributed by atoms with van der Waals surface area (Å²) in [5.41, 5.74) is 2.63. The minimum Gasteiger partial charge on any atom is -0.465 e. The van der Waals surface area contributed by atoms with Gasteiger partial charge in [0.15, 0.2) is 5.58 Å².